The first-order chi connectivity index (χ1) is 13.7. The Kier molecular flexibility index (Phi) is 5.93. The Bertz CT molecular complexity index is 782. The van der Waals surface area contributed by atoms with E-state index in [2.05, 4.69) is 20.4 Å². The number of hydrogen-bond acceptors (Lipinski definition) is 3. The third kappa shape index (κ3) is 4.72. The van der Waals surface area contributed by atoms with Gasteiger partial charge < -0.3 is 10.2 Å². The molecular weight excluding hydrogens is 355 g/mol. The lowest BCUT2D eigenvalue weighted by atomic mass is 9.87. The molecule has 150 valence electrons. The van der Waals surface area contributed by atoms with E-state index in [9.17, 15) is 9.18 Å². The van der Waals surface area contributed by atoms with Gasteiger partial charge in [-0.3, -0.25) is 9.89 Å². The first kappa shape index (κ1) is 19.0. The highest BCUT2D eigenvalue weighted by Gasteiger charge is 2.24. The van der Waals surface area contributed by atoms with Crippen molar-refractivity contribution in [1.29, 1.82) is 0 Å². The SMILES string of the molecule is O=C(CC1CCCCC1)N[C@@H]1CCCN(c2cc(-c3ccc(F)cc3)[nH]n2)C1. The van der Waals surface area contributed by atoms with Crippen molar-refractivity contribution >= 4 is 11.7 Å². The molecule has 2 heterocycles. The van der Waals surface area contributed by atoms with Crippen molar-refractivity contribution in [3.8, 4) is 11.3 Å². The number of amides is 1. The summed E-state index contributed by atoms with van der Waals surface area (Å²) in [5.74, 6) is 1.41. The lowest BCUT2D eigenvalue weighted by Gasteiger charge is -2.33. The van der Waals surface area contributed by atoms with Gasteiger partial charge in [-0.15, -0.1) is 0 Å². The van der Waals surface area contributed by atoms with Crippen LogP contribution in [0.4, 0.5) is 10.2 Å². The van der Waals surface area contributed by atoms with Crippen LogP contribution in [-0.4, -0.2) is 35.2 Å². The van der Waals surface area contributed by atoms with Crippen LogP contribution in [0.1, 0.15) is 51.4 Å². The Morgan fingerprint density at radius 2 is 1.93 bits per heavy atom. The van der Waals surface area contributed by atoms with Crippen LogP contribution in [0.3, 0.4) is 0 Å². The second kappa shape index (κ2) is 8.76. The van der Waals surface area contributed by atoms with E-state index in [4.69, 9.17) is 0 Å². The number of piperidine rings is 1. The largest absolute Gasteiger partial charge is 0.353 e. The summed E-state index contributed by atoms with van der Waals surface area (Å²) in [6.07, 6.45) is 8.98. The van der Waals surface area contributed by atoms with Crippen molar-refractivity contribution in [3.05, 3.63) is 36.1 Å². The molecule has 0 bridgehead atoms. The molecule has 1 amide bonds. The quantitative estimate of drug-likeness (QED) is 0.809. The molecule has 1 saturated heterocycles. The van der Waals surface area contributed by atoms with Crippen molar-refractivity contribution < 1.29 is 9.18 Å². The molecule has 2 N–H and O–H groups in total. The molecule has 0 radical (unpaired) electrons. The zero-order chi connectivity index (χ0) is 19.3. The number of rotatable bonds is 5. The molecule has 28 heavy (non-hydrogen) atoms. The van der Waals surface area contributed by atoms with Gasteiger partial charge in [-0.1, -0.05) is 19.3 Å². The van der Waals surface area contributed by atoms with Gasteiger partial charge in [0.1, 0.15) is 5.82 Å². The molecule has 5 nitrogen and oxygen atoms in total. The lowest BCUT2D eigenvalue weighted by Crippen LogP contribution is -2.48. The fourth-order valence-electron chi connectivity index (χ4n) is 4.49. The minimum Gasteiger partial charge on any atom is -0.353 e. The summed E-state index contributed by atoms with van der Waals surface area (Å²) in [7, 11) is 0. The molecule has 0 spiro atoms. The molecule has 6 heteroatoms. The average molecular weight is 384 g/mol. The minimum atomic E-state index is -0.244. The number of H-pyrrole nitrogens is 1. The highest BCUT2D eigenvalue weighted by Crippen LogP contribution is 2.27. The smallest absolute Gasteiger partial charge is 0.220 e. The number of hydrogen-bond donors (Lipinski definition) is 2. The summed E-state index contributed by atoms with van der Waals surface area (Å²) in [6.45, 7) is 1.72. The van der Waals surface area contributed by atoms with Crippen molar-refractivity contribution in [1.82, 2.24) is 15.5 Å². The molecule has 1 aliphatic carbocycles. The summed E-state index contributed by atoms with van der Waals surface area (Å²) >= 11 is 0. The predicted molar refractivity (Wildman–Crippen MR) is 109 cm³/mol. The van der Waals surface area contributed by atoms with Gasteiger partial charge in [0.15, 0.2) is 5.82 Å². The van der Waals surface area contributed by atoms with E-state index < -0.39 is 0 Å². The summed E-state index contributed by atoms with van der Waals surface area (Å²) in [5.41, 5.74) is 1.79. The number of benzene rings is 1. The standard InChI is InChI=1S/C22H29FN4O/c23-18-10-8-17(9-11-18)20-14-21(26-25-20)27-12-4-7-19(15-27)24-22(28)13-16-5-2-1-3-6-16/h8-11,14,16,19H,1-7,12-13,15H2,(H,24,28)(H,25,26)/t19-/m1/s1. The molecule has 1 saturated carbocycles. The number of aromatic amines is 1. The molecule has 0 unspecified atom stereocenters. The molecule has 1 aromatic heterocycles. The van der Waals surface area contributed by atoms with E-state index in [1.807, 2.05) is 6.07 Å². The zero-order valence-electron chi connectivity index (χ0n) is 16.3. The fourth-order valence-corrected chi connectivity index (χ4v) is 4.49. The van der Waals surface area contributed by atoms with E-state index in [-0.39, 0.29) is 17.8 Å². The van der Waals surface area contributed by atoms with Gasteiger partial charge >= 0.3 is 0 Å². The second-order valence-corrected chi connectivity index (χ2v) is 8.21. The van der Waals surface area contributed by atoms with Crippen LogP contribution in [0.2, 0.25) is 0 Å². The van der Waals surface area contributed by atoms with Crippen LogP contribution in [0.5, 0.6) is 0 Å². The van der Waals surface area contributed by atoms with Gasteiger partial charge in [0.2, 0.25) is 5.91 Å². The Hall–Kier alpha value is -2.37. The summed E-state index contributed by atoms with van der Waals surface area (Å²) in [4.78, 5) is 14.7. The topological polar surface area (TPSA) is 61.0 Å². The van der Waals surface area contributed by atoms with Gasteiger partial charge in [0.05, 0.1) is 5.69 Å². The van der Waals surface area contributed by atoms with Crippen molar-refractivity contribution in [2.75, 3.05) is 18.0 Å². The molecule has 1 atom stereocenters. The molecule has 2 fully saturated rings. The number of halogens is 1. The number of aromatic nitrogens is 2. The maximum absolute atomic E-state index is 13.1. The van der Waals surface area contributed by atoms with E-state index in [1.54, 1.807) is 12.1 Å². The summed E-state index contributed by atoms with van der Waals surface area (Å²) in [5, 5.41) is 10.7. The maximum atomic E-state index is 13.1. The maximum Gasteiger partial charge on any atom is 0.220 e. The Balaban J connectivity index is 1.33. The fraction of sp³-hybridized carbons (Fsp3) is 0.545. The van der Waals surface area contributed by atoms with Crippen LogP contribution in [-0.2, 0) is 4.79 Å². The lowest BCUT2D eigenvalue weighted by molar-refractivity contribution is -0.123. The second-order valence-electron chi connectivity index (χ2n) is 8.21. The first-order valence-corrected chi connectivity index (χ1v) is 10.5. The van der Waals surface area contributed by atoms with Gasteiger partial charge in [-0.2, -0.15) is 5.10 Å². The van der Waals surface area contributed by atoms with Crippen LogP contribution >= 0.6 is 0 Å². The number of nitrogens with zero attached hydrogens (tertiary/aromatic N) is 2. The van der Waals surface area contributed by atoms with E-state index in [0.717, 1.165) is 43.0 Å². The van der Waals surface area contributed by atoms with Gasteiger partial charge in [-0.05, 0) is 61.4 Å². The Morgan fingerprint density at radius 3 is 2.71 bits per heavy atom. The van der Waals surface area contributed by atoms with Gasteiger partial charge in [0, 0.05) is 31.6 Å². The molecule has 1 aliphatic heterocycles. The molecule has 2 aromatic rings. The minimum absolute atomic E-state index is 0.177. The number of anilines is 1. The van der Waals surface area contributed by atoms with Crippen molar-refractivity contribution in [2.24, 2.45) is 5.92 Å². The van der Waals surface area contributed by atoms with E-state index in [0.29, 0.717) is 12.3 Å². The van der Waals surface area contributed by atoms with Crippen LogP contribution in [0.15, 0.2) is 30.3 Å². The summed E-state index contributed by atoms with van der Waals surface area (Å²) in [6, 6.07) is 8.58. The number of carbonyl (C=O) groups is 1. The van der Waals surface area contributed by atoms with Crippen LogP contribution in [0.25, 0.3) is 11.3 Å². The van der Waals surface area contributed by atoms with Gasteiger partial charge in [0.25, 0.3) is 0 Å². The first-order valence-electron chi connectivity index (χ1n) is 10.5. The van der Waals surface area contributed by atoms with Crippen LogP contribution < -0.4 is 10.2 Å². The Labute approximate surface area is 165 Å². The van der Waals surface area contributed by atoms with E-state index in [1.165, 1.54) is 44.2 Å². The highest BCUT2D eigenvalue weighted by atomic mass is 19.1. The zero-order valence-corrected chi connectivity index (χ0v) is 16.3. The van der Waals surface area contributed by atoms with Gasteiger partial charge in [-0.25, -0.2) is 4.39 Å². The molecule has 2 aliphatic rings. The predicted octanol–water partition coefficient (Wildman–Crippen LogP) is 4.27. The highest BCUT2D eigenvalue weighted by molar-refractivity contribution is 5.76. The number of nitrogens with one attached hydrogen (secondary N) is 2. The van der Waals surface area contributed by atoms with Crippen LogP contribution in [0, 0.1) is 11.7 Å². The third-order valence-corrected chi connectivity index (χ3v) is 6.03. The molecular formula is C22H29FN4O. The molecule has 4 rings (SSSR count). The van der Waals surface area contributed by atoms with Crippen molar-refractivity contribution in [3.63, 3.8) is 0 Å². The molecule has 1 aromatic carbocycles. The van der Waals surface area contributed by atoms with E-state index >= 15 is 0 Å². The average Bonchev–Trinajstić information content (AvgIpc) is 3.20. The summed E-state index contributed by atoms with van der Waals surface area (Å²) < 4.78 is 13.1. The normalized spacial score (nSPS) is 20.9. The number of carbonyl (C=O) groups excluding carboxylic acids is 1. The monoisotopic (exact) mass is 384 g/mol. The third-order valence-electron chi connectivity index (χ3n) is 6.03. The Morgan fingerprint density at radius 1 is 1.14 bits per heavy atom. The van der Waals surface area contributed by atoms with Crippen molar-refractivity contribution in [2.45, 2.75) is 57.4 Å².